The molecule has 0 N–H and O–H groups in total. The fourth-order valence-electron chi connectivity index (χ4n) is 1.69. The first-order valence-electron chi connectivity index (χ1n) is 5.53. The van der Waals surface area contributed by atoms with Crippen molar-refractivity contribution in [2.45, 2.75) is 6.92 Å². The normalized spacial score (nSPS) is 9.83. The van der Waals surface area contributed by atoms with Crippen LogP contribution in [-0.2, 0) is 0 Å². The molecule has 0 bridgehead atoms. The van der Waals surface area contributed by atoms with E-state index in [0.717, 1.165) is 0 Å². The predicted octanol–water partition coefficient (Wildman–Crippen LogP) is 3.16. The monoisotopic (exact) mass is 242 g/mol. The van der Waals surface area contributed by atoms with Gasteiger partial charge < -0.3 is 4.74 Å². The Balaban J connectivity index is 2.52. The van der Waals surface area contributed by atoms with E-state index in [1.165, 1.54) is 6.07 Å². The third kappa shape index (κ3) is 2.30. The minimum Gasteiger partial charge on any atom is -0.492 e. The van der Waals surface area contributed by atoms with Crippen molar-refractivity contribution in [3.8, 4) is 22.9 Å². The van der Waals surface area contributed by atoms with Crippen LogP contribution < -0.4 is 4.74 Å². The first kappa shape index (κ1) is 12.1. The van der Waals surface area contributed by atoms with Gasteiger partial charge in [0.1, 0.15) is 17.6 Å². The number of aromatic nitrogens is 1. The highest BCUT2D eigenvalue weighted by Crippen LogP contribution is 2.27. The number of hydrogen-bond donors (Lipinski definition) is 0. The number of hydrogen-bond acceptors (Lipinski definition) is 3. The fraction of sp³-hybridized carbons (Fsp3) is 0.143. The van der Waals surface area contributed by atoms with Crippen molar-refractivity contribution in [3.05, 3.63) is 48.0 Å². The van der Waals surface area contributed by atoms with Crippen molar-refractivity contribution in [2.24, 2.45) is 0 Å². The first-order valence-corrected chi connectivity index (χ1v) is 5.53. The summed E-state index contributed by atoms with van der Waals surface area (Å²) >= 11 is 0. The van der Waals surface area contributed by atoms with Crippen molar-refractivity contribution in [1.29, 1.82) is 5.26 Å². The van der Waals surface area contributed by atoms with Gasteiger partial charge in [-0.1, -0.05) is 12.1 Å². The Labute approximate surface area is 104 Å². The van der Waals surface area contributed by atoms with E-state index in [2.05, 4.69) is 4.98 Å². The molecule has 18 heavy (non-hydrogen) atoms. The average molecular weight is 242 g/mol. The largest absolute Gasteiger partial charge is 0.492 e. The molecule has 0 amide bonds. The Kier molecular flexibility index (Phi) is 3.54. The highest BCUT2D eigenvalue weighted by molar-refractivity contribution is 5.70. The molecule has 90 valence electrons. The number of ether oxygens (including phenoxy) is 1. The molecule has 4 heteroatoms. The van der Waals surface area contributed by atoms with Gasteiger partial charge in [0.2, 0.25) is 0 Å². The van der Waals surface area contributed by atoms with Crippen molar-refractivity contribution < 1.29 is 9.13 Å². The van der Waals surface area contributed by atoms with Gasteiger partial charge in [-0.05, 0) is 19.1 Å². The van der Waals surface area contributed by atoms with Gasteiger partial charge >= 0.3 is 0 Å². The highest BCUT2D eigenvalue weighted by atomic mass is 19.1. The van der Waals surface area contributed by atoms with E-state index in [9.17, 15) is 4.39 Å². The second-order valence-electron chi connectivity index (χ2n) is 3.62. The van der Waals surface area contributed by atoms with E-state index in [4.69, 9.17) is 10.00 Å². The topological polar surface area (TPSA) is 45.9 Å². The Hall–Kier alpha value is -2.41. The molecule has 1 aromatic carbocycles. The van der Waals surface area contributed by atoms with Crippen LogP contribution in [0.2, 0.25) is 0 Å². The molecule has 0 aliphatic carbocycles. The molecule has 2 aromatic rings. The number of rotatable bonds is 3. The predicted molar refractivity (Wildman–Crippen MR) is 65.5 cm³/mol. The van der Waals surface area contributed by atoms with Crippen LogP contribution in [0.15, 0.2) is 36.7 Å². The molecule has 0 aliphatic heterocycles. The minimum absolute atomic E-state index is 0.0212. The minimum atomic E-state index is -0.531. The maximum atomic E-state index is 13.5. The first-order chi connectivity index (χ1) is 8.76. The highest BCUT2D eigenvalue weighted by Gasteiger charge is 2.10. The second-order valence-corrected chi connectivity index (χ2v) is 3.62. The van der Waals surface area contributed by atoms with E-state index in [-0.39, 0.29) is 5.56 Å². The van der Waals surface area contributed by atoms with Crippen molar-refractivity contribution in [2.75, 3.05) is 6.61 Å². The number of halogens is 1. The average Bonchev–Trinajstić information content (AvgIpc) is 2.39. The standard InChI is InChI=1S/C14H11FN2O/c1-2-18-11-6-10(8-17-9-11)12-4-3-5-14(15)13(12)7-16/h3-6,8-9H,2H2,1H3. The Bertz CT molecular complexity index is 605. The van der Waals surface area contributed by atoms with Gasteiger partial charge in [-0.2, -0.15) is 5.26 Å². The number of nitriles is 1. The maximum Gasteiger partial charge on any atom is 0.141 e. The van der Waals surface area contributed by atoms with Gasteiger partial charge in [-0.3, -0.25) is 4.98 Å². The van der Waals surface area contributed by atoms with Gasteiger partial charge in [0.25, 0.3) is 0 Å². The summed E-state index contributed by atoms with van der Waals surface area (Å²) in [5.74, 6) is 0.0694. The van der Waals surface area contributed by atoms with Crippen LogP contribution in [0, 0.1) is 17.1 Å². The smallest absolute Gasteiger partial charge is 0.141 e. The second kappa shape index (κ2) is 5.28. The van der Waals surface area contributed by atoms with E-state index < -0.39 is 5.82 Å². The molecule has 0 fully saturated rings. The van der Waals surface area contributed by atoms with Crippen LogP contribution in [0.4, 0.5) is 4.39 Å². The lowest BCUT2D eigenvalue weighted by molar-refractivity contribution is 0.339. The lowest BCUT2D eigenvalue weighted by Crippen LogP contribution is -1.94. The van der Waals surface area contributed by atoms with Crippen LogP contribution >= 0.6 is 0 Å². The Morgan fingerprint density at radius 2 is 2.22 bits per heavy atom. The summed E-state index contributed by atoms with van der Waals surface area (Å²) in [5, 5.41) is 8.99. The molecule has 0 unspecified atom stereocenters. The van der Waals surface area contributed by atoms with Crippen molar-refractivity contribution >= 4 is 0 Å². The van der Waals surface area contributed by atoms with Gasteiger partial charge in [0.05, 0.1) is 18.4 Å². The third-order valence-corrected chi connectivity index (χ3v) is 2.46. The number of pyridine rings is 1. The summed E-state index contributed by atoms with van der Waals surface area (Å²) in [6.07, 6.45) is 3.16. The summed E-state index contributed by atoms with van der Waals surface area (Å²) < 4.78 is 18.8. The Morgan fingerprint density at radius 3 is 2.94 bits per heavy atom. The van der Waals surface area contributed by atoms with Gasteiger partial charge in [0.15, 0.2) is 0 Å². The summed E-state index contributed by atoms with van der Waals surface area (Å²) in [4.78, 5) is 4.03. The number of benzene rings is 1. The van der Waals surface area contributed by atoms with Gasteiger partial charge in [0, 0.05) is 17.3 Å². The van der Waals surface area contributed by atoms with E-state index >= 15 is 0 Å². The molecule has 0 saturated heterocycles. The zero-order valence-electron chi connectivity index (χ0n) is 9.85. The van der Waals surface area contributed by atoms with Crippen molar-refractivity contribution in [3.63, 3.8) is 0 Å². The van der Waals surface area contributed by atoms with Crippen LogP contribution in [0.25, 0.3) is 11.1 Å². The lowest BCUT2D eigenvalue weighted by Gasteiger charge is -2.07. The zero-order valence-corrected chi connectivity index (χ0v) is 9.85. The molecule has 0 spiro atoms. The van der Waals surface area contributed by atoms with E-state index in [0.29, 0.717) is 23.5 Å². The quantitative estimate of drug-likeness (QED) is 0.830. The van der Waals surface area contributed by atoms with Gasteiger partial charge in [-0.25, -0.2) is 4.39 Å². The molecule has 0 radical (unpaired) electrons. The molecular weight excluding hydrogens is 231 g/mol. The SMILES string of the molecule is CCOc1cncc(-c2cccc(F)c2C#N)c1. The van der Waals surface area contributed by atoms with Crippen LogP contribution in [-0.4, -0.2) is 11.6 Å². The molecule has 3 nitrogen and oxygen atoms in total. The van der Waals surface area contributed by atoms with Crippen LogP contribution in [0.5, 0.6) is 5.75 Å². The fourth-order valence-corrected chi connectivity index (χ4v) is 1.69. The molecule has 1 heterocycles. The summed E-state index contributed by atoms with van der Waals surface area (Å²) in [6.45, 7) is 2.40. The molecule has 0 atom stereocenters. The molecule has 0 aliphatic rings. The van der Waals surface area contributed by atoms with Crippen LogP contribution in [0.1, 0.15) is 12.5 Å². The molecule has 0 saturated carbocycles. The van der Waals surface area contributed by atoms with Crippen LogP contribution in [0.3, 0.4) is 0 Å². The zero-order chi connectivity index (χ0) is 13.0. The van der Waals surface area contributed by atoms with Crippen molar-refractivity contribution in [1.82, 2.24) is 4.98 Å². The lowest BCUT2D eigenvalue weighted by atomic mass is 10.0. The molecule has 2 rings (SSSR count). The third-order valence-electron chi connectivity index (χ3n) is 2.46. The summed E-state index contributed by atoms with van der Waals surface area (Å²) in [7, 11) is 0. The molecule has 1 aromatic heterocycles. The summed E-state index contributed by atoms with van der Waals surface area (Å²) in [6, 6.07) is 8.14. The Morgan fingerprint density at radius 1 is 1.39 bits per heavy atom. The number of nitrogens with zero attached hydrogens (tertiary/aromatic N) is 2. The van der Waals surface area contributed by atoms with Gasteiger partial charge in [-0.15, -0.1) is 0 Å². The summed E-state index contributed by atoms with van der Waals surface area (Å²) in [5.41, 5.74) is 1.21. The van der Waals surface area contributed by atoms with E-state index in [1.54, 1.807) is 30.6 Å². The van der Waals surface area contributed by atoms with E-state index in [1.807, 2.05) is 13.0 Å². The molecular formula is C14H11FN2O. The maximum absolute atomic E-state index is 13.5.